The second-order valence-corrected chi connectivity index (χ2v) is 5.76. The molecule has 0 radical (unpaired) electrons. The van der Waals surface area contributed by atoms with Gasteiger partial charge in [-0.15, -0.1) is 22.0 Å². The third-order valence-electron chi connectivity index (χ3n) is 2.54. The third-order valence-corrected chi connectivity index (χ3v) is 4.01. The van der Waals surface area contributed by atoms with Crippen molar-refractivity contribution in [3.8, 4) is 5.75 Å². The molecule has 0 aliphatic heterocycles. The van der Waals surface area contributed by atoms with Gasteiger partial charge in [0.15, 0.2) is 0 Å². The zero-order valence-electron chi connectivity index (χ0n) is 11.0. The number of nitrogen functional groups attached to an aromatic ring is 1. The van der Waals surface area contributed by atoms with Crippen molar-refractivity contribution in [3.63, 3.8) is 0 Å². The van der Waals surface area contributed by atoms with Gasteiger partial charge in [0.05, 0.1) is 19.2 Å². The topological polar surface area (TPSA) is 90.1 Å². The first-order valence-electron chi connectivity index (χ1n) is 5.72. The quantitative estimate of drug-likeness (QED) is 0.818. The summed E-state index contributed by atoms with van der Waals surface area (Å²) in [4.78, 5) is 13.2. The number of carbonyl (C=O) groups excluding carboxylic acids is 1. The lowest BCUT2D eigenvalue weighted by Gasteiger charge is -2.09. The molecule has 0 saturated heterocycles. The van der Waals surface area contributed by atoms with Crippen LogP contribution < -0.4 is 15.8 Å². The van der Waals surface area contributed by atoms with Crippen molar-refractivity contribution in [3.05, 3.63) is 28.8 Å². The monoisotopic (exact) mass is 310 g/mol. The summed E-state index contributed by atoms with van der Waals surface area (Å²) in [6.45, 7) is 0.293. The number of anilines is 1. The Morgan fingerprint density at radius 1 is 1.50 bits per heavy atom. The van der Waals surface area contributed by atoms with E-state index in [0.29, 0.717) is 28.0 Å². The van der Waals surface area contributed by atoms with Gasteiger partial charge in [0, 0.05) is 4.90 Å². The lowest BCUT2D eigenvalue weighted by molar-refractivity contribution is 0.0947. The van der Waals surface area contributed by atoms with E-state index in [0.717, 1.165) is 4.90 Å². The molecular formula is C12H14N4O2S2. The van der Waals surface area contributed by atoms with Crippen LogP contribution in [0.2, 0.25) is 0 Å². The first kappa shape index (κ1) is 14.6. The summed E-state index contributed by atoms with van der Waals surface area (Å²) >= 11 is 2.84. The minimum absolute atomic E-state index is 0.219. The van der Waals surface area contributed by atoms with Crippen molar-refractivity contribution in [2.45, 2.75) is 11.4 Å². The van der Waals surface area contributed by atoms with Crippen molar-refractivity contribution in [2.75, 3.05) is 19.1 Å². The van der Waals surface area contributed by atoms with Crippen LogP contribution in [0.5, 0.6) is 5.75 Å². The summed E-state index contributed by atoms with van der Waals surface area (Å²) in [6.07, 6.45) is 1.97. The van der Waals surface area contributed by atoms with Gasteiger partial charge in [-0.1, -0.05) is 11.3 Å². The zero-order valence-corrected chi connectivity index (χ0v) is 12.7. The number of benzene rings is 1. The van der Waals surface area contributed by atoms with Crippen LogP contribution in [0.1, 0.15) is 15.4 Å². The van der Waals surface area contributed by atoms with Gasteiger partial charge in [-0.2, -0.15) is 0 Å². The maximum atomic E-state index is 12.1. The highest BCUT2D eigenvalue weighted by atomic mass is 32.2. The number of ether oxygens (including phenoxy) is 1. The molecule has 0 bridgehead atoms. The number of carbonyl (C=O) groups is 1. The molecule has 0 aliphatic carbocycles. The van der Waals surface area contributed by atoms with Gasteiger partial charge in [0.2, 0.25) is 5.13 Å². The Bertz CT molecular complexity index is 615. The van der Waals surface area contributed by atoms with Crippen molar-refractivity contribution in [1.82, 2.24) is 15.5 Å². The highest BCUT2D eigenvalue weighted by Gasteiger charge is 2.13. The molecule has 3 N–H and O–H groups in total. The lowest BCUT2D eigenvalue weighted by atomic mass is 10.2. The van der Waals surface area contributed by atoms with E-state index in [1.165, 1.54) is 11.3 Å². The predicted octanol–water partition coefficient (Wildman–Crippen LogP) is 1.78. The smallest absolute Gasteiger partial charge is 0.255 e. The predicted molar refractivity (Wildman–Crippen MR) is 80.3 cm³/mol. The number of rotatable bonds is 5. The van der Waals surface area contributed by atoms with Crippen LogP contribution in [0.25, 0.3) is 0 Å². The van der Waals surface area contributed by atoms with Crippen molar-refractivity contribution in [1.29, 1.82) is 0 Å². The molecular weight excluding hydrogens is 296 g/mol. The summed E-state index contributed by atoms with van der Waals surface area (Å²) < 4.78 is 5.25. The molecule has 6 nitrogen and oxygen atoms in total. The zero-order chi connectivity index (χ0) is 14.5. The normalized spacial score (nSPS) is 10.3. The van der Waals surface area contributed by atoms with Crippen LogP contribution in [-0.4, -0.2) is 29.5 Å². The summed E-state index contributed by atoms with van der Waals surface area (Å²) in [5, 5.41) is 11.4. The van der Waals surface area contributed by atoms with E-state index in [9.17, 15) is 4.79 Å². The fourth-order valence-corrected chi connectivity index (χ4v) is 2.55. The van der Waals surface area contributed by atoms with Crippen LogP contribution >= 0.6 is 23.1 Å². The molecule has 106 valence electrons. The fourth-order valence-electron chi connectivity index (χ4n) is 1.58. The number of amides is 1. The van der Waals surface area contributed by atoms with Gasteiger partial charge in [0.25, 0.3) is 5.91 Å². The molecule has 20 heavy (non-hydrogen) atoms. The Morgan fingerprint density at radius 2 is 2.30 bits per heavy atom. The van der Waals surface area contributed by atoms with Crippen LogP contribution in [-0.2, 0) is 6.54 Å². The molecule has 1 aromatic heterocycles. The molecule has 0 fully saturated rings. The number of nitrogens with one attached hydrogen (secondary N) is 1. The van der Waals surface area contributed by atoms with Crippen molar-refractivity contribution < 1.29 is 9.53 Å². The number of nitrogens with two attached hydrogens (primary N) is 1. The molecule has 0 unspecified atom stereocenters. The van der Waals surface area contributed by atoms with E-state index in [1.807, 2.05) is 18.4 Å². The Kier molecular flexibility index (Phi) is 4.80. The van der Waals surface area contributed by atoms with E-state index in [-0.39, 0.29) is 5.91 Å². The number of aromatic nitrogens is 2. The number of methoxy groups -OCH3 is 1. The van der Waals surface area contributed by atoms with E-state index >= 15 is 0 Å². The van der Waals surface area contributed by atoms with Crippen molar-refractivity contribution in [2.24, 2.45) is 0 Å². The third kappa shape index (κ3) is 3.40. The minimum atomic E-state index is -0.219. The highest BCUT2D eigenvalue weighted by Crippen LogP contribution is 2.25. The van der Waals surface area contributed by atoms with Gasteiger partial charge in [-0.05, 0) is 24.5 Å². The average molecular weight is 310 g/mol. The maximum absolute atomic E-state index is 12.1. The van der Waals surface area contributed by atoms with E-state index in [1.54, 1.807) is 24.9 Å². The van der Waals surface area contributed by atoms with Gasteiger partial charge < -0.3 is 15.8 Å². The molecule has 8 heteroatoms. The standard InChI is InChI=1S/C12H14N4O2S2/c1-18-9-5-7(19-2)3-4-8(9)11(17)14-6-10-15-16-12(13)20-10/h3-5H,6H2,1-2H3,(H2,13,16)(H,14,17). The van der Waals surface area contributed by atoms with Crippen LogP contribution in [0, 0.1) is 0 Å². The van der Waals surface area contributed by atoms with Gasteiger partial charge in [0.1, 0.15) is 10.8 Å². The first-order chi connectivity index (χ1) is 9.63. The fraction of sp³-hybridized carbons (Fsp3) is 0.250. The molecule has 1 amide bonds. The summed E-state index contributed by atoms with van der Waals surface area (Å²) in [5.74, 6) is 0.328. The molecule has 0 aliphatic rings. The highest BCUT2D eigenvalue weighted by molar-refractivity contribution is 7.98. The molecule has 1 heterocycles. The maximum Gasteiger partial charge on any atom is 0.255 e. The van der Waals surface area contributed by atoms with Crippen LogP contribution in [0.3, 0.4) is 0 Å². The molecule has 2 rings (SSSR count). The Hall–Kier alpha value is -1.80. The summed E-state index contributed by atoms with van der Waals surface area (Å²) in [6, 6.07) is 5.46. The van der Waals surface area contributed by atoms with E-state index in [4.69, 9.17) is 10.5 Å². The molecule has 2 aromatic rings. The van der Waals surface area contributed by atoms with Gasteiger partial charge in [-0.25, -0.2) is 0 Å². The number of hydrogen-bond donors (Lipinski definition) is 2. The molecule has 0 saturated carbocycles. The second kappa shape index (κ2) is 6.58. The van der Waals surface area contributed by atoms with E-state index < -0.39 is 0 Å². The summed E-state index contributed by atoms with van der Waals surface area (Å²) in [7, 11) is 1.54. The summed E-state index contributed by atoms with van der Waals surface area (Å²) in [5.41, 5.74) is 5.97. The molecule has 0 spiro atoms. The average Bonchev–Trinajstić information content (AvgIpc) is 2.89. The minimum Gasteiger partial charge on any atom is -0.496 e. The Labute approximate surface area is 124 Å². The number of nitrogens with zero attached hydrogens (tertiary/aromatic N) is 2. The van der Waals surface area contributed by atoms with Crippen molar-refractivity contribution >= 4 is 34.1 Å². The van der Waals surface area contributed by atoms with Crippen LogP contribution in [0.15, 0.2) is 23.1 Å². The molecule has 0 atom stereocenters. The lowest BCUT2D eigenvalue weighted by Crippen LogP contribution is -2.23. The van der Waals surface area contributed by atoms with Gasteiger partial charge in [-0.3, -0.25) is 4.79 Å². The molecule has 1 aromatic carbocycles. The SMILES string of the molecule is COc1cc(SC)ccc1C(=O)NCc1nnc(N)s1. The largest absolute Gasteiger partial charge is 0.496 e. The Balaban J connectivity index is 2.08. The second-order valence-electron chi connectivity index (χ2n) is 3.78. The van der Waals surface area contributed by atoms with E-state index in [2.05, 4.69) is 15.5 Å². The number of hydrogen-bond acceptors (Lipinski definition) is 7. The van der Waals surface area contributed by atoms with Gasteiger partial charge >= 0.3 is 0 Å². The first-order valence-corrected chi connectivity index (χ1v) is 7.76. The number of thioether (sulfide) groups is 1. The Morgan fingerprint density at radius 3 is 2.90 bits per heavy atom. The van der Waals surface area contributed by atoms with Crippen LogP contribution in [0.4, 0.5) is 5.13 Å².